The van der Waals surface area contributed by atoms with E-state index in [0.29, 0.717) is 23.6 Å². The molecule has 0 aromatic carbocycles. The van der Waals surface area contributed by atoms with E-state index in [4.69, 9.17) is 0 Å². The van der Waals surface area contributed by atoms with Gasteiger partial charge in [-0.15, -0.1) is 0 Å². The lowest BCUT2D eigenvalue weighted by Crippen LogP contribution is -2.20. The summed E-state index contributed by atoms with van der Waals surface area (Å²) in [6, 6.07) is 2.39. The van der Waals surface area contributed by atoms with E-state index in [0.717, 1.165) is 37.9 Å². The Labute approximate surface area is 150 Å². The average molecular weight is 367 g/mol. The highest BCUT2D eigenvalue weighted by molar-refractivity contribution is 5.91. The number of rotatable bonds is 3. The first kappa shape index (κ1) is 18.7. The normalized spacial score (nSPS) is 16.4. The summed E-state index contributed by atoms with van der Waals surface area (Å²) < 4.78 is 40.9. The molecule has 2 aromatic rings. The Balaban J connectivity index is 2.04. The van der Waals surface area contributed by atoms with E-state index in [9.17, 15) is 18.0 Å². The minimum atomic E-state index is -4.42. The van der Waals surface area contributed by atoms with E-state index in [1.165, 1.54) is 10.5 Å². The molecule has 2 aromatic heterocycles. The molecule has 4 nitrogen and oxygen atoms in total. The summed E-state index contributed by atoms with van der Waals surface area (Å²) in [5.41, 5.74) is 0.214. The molecular formula is C19H24F3N3O. The van der Waals surface area contributed by atoms with Crippen LogP contribution < -0.4 is 5.32 Å². The van der Waals surface area contributed by atoms with Crippen LogP contribution in [0, 0.1) is 5.41 Å². The van der Waals surface area contributed by atoms with Gasteiger partial charge in [-0.2, -0.15) is 13.2 Å². The molecule has 7 heteroatoms. The molecule has 0 bridgehead atoms. The molecule has 0 unspecified atom stereocenters. The van der Waals surface area contributed by atoms with Crippen LogP contribution in [0.5, 0.6) is 0 Å². The third-order valence-corrected chi connectivity index (χ3v) is 4.67. The second kappa shape index (κ2) is 6.59. The van der Waals surface area contributed by atoms with Crippen molar-refractivity contribution in [3.8, 4) is 0 Å². The Hall–Kier alpha value is -2.05. The molecule has 0 radical (unpaired) electrons. The second-order valence-electron chi connectivity index (χ2n) is 8.26. The SMILES string of the molecule is CC(C)(C)CC(=O)Nc1nc2ccc(C(F)(F)F)cn2c1C1CCCC1. The Morgan fingerprint density at radius 2 is 1.88 bits per heavy atom. The maximum atomic E-state index is 13.1. The van der Waals surface area contributed by atoms with Crippen LogP contribution in [0.4, 0.5) is 19.0 Å². The van der Waals surface area contributed by atoms with E-state index in [1.807, 2.05) is 20.8 Å². The maximum Gasteiger partial charge on any atom is 0.417 e. The number of carbonyl (C=O) groups excluding carboxylic acids is 1. The first-order valence-electron chi connectivity index (χ1n) is 8.94. The molecule has 0 saturated heterocycles. The van der Waals surface area contributed by atoms with Gasteiger partial charge >= 0.3 is 6.18 Å². The summed E-state index contributed by atoms with van der Waals surface area (Å²) in [7, 11) is 0. The van der Waals surface area contributed by atoms with E-state index >= 15 is 0 Å². The fourth-order valence-corrected chi connectivity index (χ4v) is 3.57. The molecule has 1 aliphatic rings. The van der Waals surface area contributed by atoms with Crippen LogP contribution in [0.25, 0.3) is 5.65 Å². The van der Waals surface area contributed by atoms with E-state index < -0.39 is 11.7 Å². The Morgan fingerprint density at radius 1 is 1.23 bits per heavy atom. The number of pyridine rings is 1. The van der Waals surface area contributed by atoms with Gasteiger partial charge in [0.25, 0.3) is 0 Å². The van der Waals surface area contributed by atoms with E-state index in [2.05, 4.69) is 10.3 Å². The van der Waals surface area contributed by atoms with Crippen molar-refractivity contribution < 1.29 is 18.0 Å². The molecule has 1 saturated carbocycles. The number of halogens is 3. The van der Waals surface area contributed by atoms with Crippen LogP contribution >= 0.6 is 0 Å². The highest BCUT2D eigenvalue weighted by atomic mass is 19.4. The number of amides is 1. The molecule has 1 N–H and O–H groups in total. The van der Waals surface area contributed by atoms with Crippen molar-refractivity contribution in [2.24, 2.45) is 5.41 Å². The van der Waals surface area contributed by atoms with Crippen LogP contribution in [0.2, 0.25) is 0 Å². The monoisotopic (exact) mass is 367 g/mol. The fraction of sp³-hybridized carbons (Fsp3) is 0.579. The smallest absolute Gasteiger partial charge is 0.309 e. The lowest BCUT2D eigenvalue weighted by molar-refractivity contribution is -0.137. The lowest BCUT2D eigenvalue weighted by Gasteiger charge is -2.18. The van der Waals surface area contributed by atoms with Gasteiger partial charge in [0, 0.05) is 18.5 Å². The number of imidazole rings is 1. The minimum absolute atomic E-state index is 0.110. The third-order valence-electron chi connectivity index (χ3n) is 4.67. The van der Waals surface area contributed by atoms with Crippen molar-refractivity contribution in [2.45, 2.75) is 65.0 Å². The fourth-order valence-electron chi connectivity index (χ4n) is 3.57. The predicted octanol–water partition coefficient (Wildman–Crippen LogP) is 5.39. The topological polar surface area (TPSA) is 46.4 Å². The van der Waals surface area contributed by atoms with E-state index in [1.54, 1.807) is 0 Å². The van der Waals surface area contributed by atoms with Crippen molar-refractivity contribution in [2.75, 3.05) is 5.32 Å². The van der Waals surface area contributed by atoms with Crippen LogP contribution in [0.1, 0.15) is 70.1 Å². The zero-order chi connectivity index (χ0) is 19.1. The lowest BCUT2D eigenvalue weighted by atomic mass is 9.92. The molecule has 142 valence electrons. The van der Waals surface area contributed by atoms with Gasteiger partial charge in [0.15, 0.2) is 5.82 Å². The van der Waals surface area contributed by atoms with Crippen LogP contribution in [0.15, 0.2) is 18.3 Å². The molecule has 26 heavy (non-hydrogen) atoms. The van der Waals surface area contributed by atoms with Gasteiger partial charge in [0.1, 0.15) is 5.65 Å². The zero-order valence-electron chi connectivity index (χ0n) is 15.3. The molecule has 1 fully saturated rings. The summed E-state index contributed by atoms with van der Waals surface area (Å²) in [5.74, 6) is 0.333. The van der Waals surface area contributed by atoms with Gasteiger partial charge in [-0.25, -0.2) is 4.98 Å². The van der Waals surface area contributed by atoms with Gasteiger partial charge in [-0.05, 0) is 30.4 Å². The summed E-state index contributed by atoms with van der Waals surface area (Å²) in [6.45, 7) is 5.89. The van der Waals surface area contributed by atoms with Crippen molar-refractivity contribution in [3.05, 3.63) is 29.6 Å². The molecule has 0 spiro atoms. The summed E-state index contributed by atoms with van der Waals surface area (Å²) >= 11 is 0. The Morgan fingerprint density at radius 3 is 2.46 bits per heavy atom. The largest absolute Gasteiger partial charge is 0.417 e. The average Bonchev–Trinajstić information content (AvgIpc) is 3.09. The summed E-state index contributed by atoms with van der Waals surface area (Å²) in [5, 5.41) is 2.84. The van der Waals surface area contributed by atoms with Gasteiger partial charge < -0.3 is 9.72 Å². The number of aromatic nitrogens is 2. The highest BCUT2D eigenvalue weighted by Gasteiger charge is 2.33. The standard InChI is InChI=1S/C19H24F3N3O/c1-18(2,3)10-15(26)24-17-16(12-6-4-5-7-12)25-11-13(19(20,21)22)8-9-14(25)23-17/h8-9,11-12H,4-7,10H2,1-3H3,(H,24,26). The first-order chi connectivity index (χ1) is 12.0. The zero-order valence-corrected chi connectivity index (χ0v) is 15.3. The second-order valence-corrected chi connectivity index (χ2v) is 8.26. The van der Waals surface area contributed by atoms with Crippen molar-refractivity contribution >= 4 is 17.4 Å². The quantitative estimate of drug-likeness (QED) is 0.791. The molecular weight excluding hydrogens is 343 g/mol. The molecule has 0 aliphatic heterocycles. The number of alkyl halides is 3. The Bertz CT molecular complexity index is 812. The van der Waals surface area contributed by atoms with Gasteiger partial charge in [-0.3, -0.25) is 4.79 Å². The number of hydrogen-bond donors (Lipinski definition) is 1. The van der Waals surface area contributed by atoms with Crippen LogP contribution in [0.3, 0.4) is 0 Å². The first-order valence-corrected chi connectivity index (χ1v) is 8.94. The van der Waals surface area contributed by atoms with Gasteiger partial charge in [0.2, 0.25) is 5.91 Å². The highest BCUT2D eigenvalue weighted by Crippen LogP contribution is 2.39. The minimum Gasteiger partial charge on any atom is -0.309 e. The summed E-state index contributed by atoms with van der Waals surface area (Å²) in [6.07, 6.45) is 0.853. The molecule has 1 aliphatic carbocycles. The molecule has 0 atom stereocenters. The molecule has 3 rings (SSSR count). The van der Waals surface area contributed by atoms with Crippen molar-refractivity contribution in [1.82, 2.24) is 9.38 Å². The molecule has 1 amide bonds. The number of carbonyl (C=O) groups is 1. The number of anilines is 1. The van der Waals surface area contributed by atoms with Crippen molar-refractivity contribution in [3.63, 3.8) is 0 Å². The molecule has 2 heterocycles. The van der Waals surface area contributed by atoms with Crippen molar-refractivity contribution in [1.29, 1.82) is 0 Å². The number of nitrogens with one attached hydrogen (secondary N) is 1. The van der Waals surface area contributed by atoms with E-state index in [-0.39, 0.29) is 17.2 Å². The number of fused-ring (bicyclic) bond motifs is 1. The Kier molecular flexibility index (Phi) is 4.75. The van der Waals surface area contributed by atoms with Crippen LogP contribution in [-0.4, -0.2) is 15.3 Å². The third kappa shape index (κ3) is 4.02. The maximum absolute atomic E-state index is 13.1. The van der Waals surface area contributed by atoms with Gasteiger partial charge in [-0.1, -0.05) is 33.6 Å². The number of hydrogen-bond acceptors (Lipinski definition) is 2. The van der Waals surface area contributed by atoms with Gasteiger partial charge in [0.05, 0.1) is 11.3 Å². The summed E-state index contributed by atoms with van der Waals surface area (Å²) in [4.78, 5) is 16.8. The predicted molar refractivity (Wildman–Crippen MR) is 94.1 cm³/mol. The van der Waals surface area contributed by atoms with Crippen LogP contribution in [-0.2, 0) is 11.0 Å². The number of nitrogens with zero attached hydrogens (tertiary/aromatic N) is 2.